The van der Waals surface area contributed by atoms with Gasteiger partial charge in [-0.3, -0.25) is 4.79 Å². The minimum absolute atomic E-state index is 0.0306. The first-order chi connectivity index (χ1) is 18.1. The fourth-order valence-electron chi connectivity index (χ4n) is 4.48. The molecule has 1 saturated carbocycles. The molecule has 2 aliphatic carbocycles. The molecule has 0 saturated heterocycles. The molecular weight excluding hydrogens is 520 g/mol. The fourth-order valence-corrected chi connectivity index (χ4v) is 4.48. The third-order valence-corrected chi connectivity index (χ3v) is 6.66. The zero-order chi connectivity index (χ0) is 28.8. The molecule has 6 nitrogen and oxygen atoms in total. The summed E-state index contributed by atoms with van der Waals surface area (Å²) in [6.07, 6.45) is 0.946. The maximum absolute atomic E-state index is 14.8. The van der Waals surface area contributed by atoms with Crippen molar-refractivity contribution in [3.63, 3.8) is 0 Å². The fraction of sp³-hybridized carbons (Fsp3) is 0.379. The predicted molar refractivity (Wildman–Crippen MR) is 134 cm³/mol. The maximum atomic E-state index is 14.8. The minimum Gasteiger partial charge on any atom is -0.506 e. The van der Waals surface area contributed by atoms with Crippen molar-refractivity contribution in [3.8, 4) is 5.75 Å². The quantitative estimate of drug-likeness (QED) is 0.301. The number of carboxylic acids is 1. The van der Waals surface area contributed by atoms with Gasteiger partial charge in [-0.2, -0.15) is 13.2 Å². The summed E-state index contributed by atoms with van der Waals surface area (Å²) >= 11 is 0. The summed E-state index contributed by atoms with van der Waals surface area (Å²) in [4.78, 5) is 24.2. The molecular formula is C29H28F4O6. The van der Waals surface area contributed by atoms with Crippen LogP contribution in [0.25, 0.3) is 5.57 Å². The summed E-state index contributed by atoms with van der Waals surface area (Å²) in [5.41, 5.74) is -2.66. The van der Waals surface area contributed by atoms with Crippen LogP contribution in [0.2, 0.25) is 0 Å². The summed E-state index contributed by atoms with van der Waals surface area (Å²) in [7, 11) is 0. The molecule has 0 heterocycles. The Labute approximate surface area is 222 Å². The molecule has 39 heavy (non-hydrogen) atoms. The van der Waals surface area contributed by atoms with Gasteiger partial charge in [0.15, 0.2) is 0 Å². The number of carbonyl (C=O) groups excluding carboxylic acids is 1. The molecule has 2 aromatic rings. The highest BCUT2D eigenvalue weighted by atomic mass is 19.4. The van der Waals surface area contributed by atoms with Gasteiger partial charge in [0.1, 0.15) is 22.7 Å². The first kappa shape index (κ1) is 28.4. The number of allylic oxidation sites excluding steroid dienone is 2. The number of benzene rings is 2. The number of hydrogen-bond donors (Lipinski definition) is 2. The van der Waals surface area contributed by atoms with E-state index in [0.717, 1.165) is 6.07 Å². The monoisotopic (exact) mass is 548 g/mol. The zero-order valence-electron chi connectivity index (χ0n) is 21.6. The zero-order valence-corrected chi connectivity index (χ0v) is 21.6. The van der Waals surface area contributed by atoms with Gasteiger partial charge >= 0.3 is 18.1 Å². The van der Waals surface area contributed by atoms with E-state index >= 15 is 0 Å². The Morgan fingerprint density at radius 3 is 2.31 bits per heavy atom. The predicted octanol–water partition coefficient (Wildman–Crippen LogP) is 6.55. The third-order valence-electron chi connectivity index (χ3n) is 6.66. The Hall–Kier alpha value is -3.66. The van der Waals surface area contributed by atoms with Gasteiger partial charge in [0.25, 0.3) is 0 Å². The maximum Gasteiger partial charge on any atom is 0.419 e. The standard InChI is InChI=1S/C29H28F4O6/c1-27(2,3)39-25(35)23-18(7-11-21(24(23)34)29(31,32)33)15-38-19-8-4-16(5-9-19)17-6-10-20(22(30)14-17)28(12-13-28)26(36)37/h4-8,10-11,14,19,34H,9,12-13,15H2,1-3H3,(H,36,37). The summed E-state index contributed by atoms with van der Waals surface area (Å²) in [6, 6.07) is 6.22. The van der Waals surface area contributed by atoms with Gasteiger partial charge in [0.2, 0.25) is 0 Å². The normalized spacial score (nSPS) is 18.4. The first-order valence-corrected chi connectivity index (χ1v) is 12.3. The average Bonchev–Trinajstić information content (AvgIpc) is 3.63. The summed E-state index contributed by atoms with van der Waals surface area (Å²) in [6.45, 7) is 4.38. The van der Waals surface area contributed by atoms with Crippen LogP contribution >= 0.6 is 0 Å². The van der Waals surface area contributed by atoms with Crippen LogP contribution in [0.3, 0.4) is 0 Å². The first-order valence-electron chi connectivity index (χ1n) is 12.3. The van der Waals surface area contributed by atoms with Gasteiger partial charge in [0, 0.05) is 5.56 Å². The minimum atomic E-state index is -4.88. The molecule has 0 spiro atoms. The smallest absolute Gasteiger partial charge is 0.419 e. The van der Waals surface area contributed by atoms with Crippen molar-refractivity contribution < 1.29 is 46.8 Å². The van der Waals surface area contributed by atoms with Crippen molar-refractivity contribution in [2.45, 2.75) is 69.9 Å². The lowest BCUT2D eigenvalue weighted by atomic mass is 9.91. The van der Waals surface area contributed by atoms with Gasteiger partial charge in [0.05, 0.1) is 23.7 Å². The van der Waals surface area contributed by atoms with E-state index in [1.165, 1.54) is 12.1 Å². The van der Waals surface area contributed by atoms with Gasteiger partial charge in [-0.15, -0.1) is 0 Å². The lowest BCUT2D eigenvalue weighted by Gasteiger charge is -2.23. The van der Waals surface area contributed by atoms with E-state index in [1.807, 2.05) is 0 Å². The number of halogens is 4. The number of phenols is 1. The van der Waals surface area contributed by atoms with Crippen LogP contribution in [0.15, 0.2) is 48.6 Å². The molecule has 0 aromatic heterocycles. The van der Waals surface area contributed by atoms with Crippen molar-refractivity contribution in [3.05, 3.63) is 82.2 Å². The molecule has 0 aliphatic heterocycles. The Balaban J connectivity index is 1.48. The van der Waals surface area contributed by atoms with Crippen LogP contribution in [0, 0.1) is 5.82 Å². The molecule has 2 N–H and O–H groups in total. The number of carboxylic acid groups (broad SMARTS) is 1. The van der Waals surface area contributed by atoms with Crippen molar-refractivity contribution in [2.24, 2.45) is 0 Å². The highest BCUT2D eigenvalue weighted by Gasteiger charge is 2.53. The Morgan fingerprint density at radius 2 is 1.79 bits per heavy atom. The Morgan fingerprint density at radius 1 is 1.10 bits per heavy atom. The molecule has 1 unspecified atom stereocenters. The number of aliphatic carboxylic acids is 1. The number of ether oxygens (including phenoxy) is 2. The van der Waals surface area contributed by atoms with E-state index in [0.29, 0.717) is 36.5 Å². The number of hydrogen-bond acceptors (Lipinski definition) is 5. The topological polar surface area (TPSA) is 93.1 Å². The number of phenolic OH excluding ortho intramolecular Hbond substituents is 1. The lowest BCUT2D eigenvalue weighted by Crippen LogP contribution is -2.25. The van der Waals surface area contributed by atoms with Crippen molar-refractivity contribution >= 4 is 17.5 Å². The van der Waals surface area contributed by atoms with Gasteiger partial charge in [-0.1, -0.05) is 36.4 Å². The van der Waals surface area contributed by atoms with E-state index in [1.54, 1.807) is 45.1 Å². The molecule has 10 heteroatoms. The van der Waals surface area contributed by atoms with Crippen molar-refractivity contribution in [1.82, 2.24) is 0 Å². The van der Waals surface area contributed by atoms with Crippen molar-refractivity contribution in [1.29, 1.82) is 0 Å². The van der Waals surface area contributed by atoms with E-state index in [9.17, 15) is 37.4 Å². The molecule has 2 aromatic carbocycles. The second-order valence-corrected chi connectivity index (χ2v) is 10.7. The average molecular weight is 549 g/mol. The Kier molecular flexibility index (Phi) is 7.37. The molecule has 0 bridgehead atoms. The highest BCUT2D eigenvalue weighted by molar-refractivity contribution is 5.95. The largest absolute Gasteiger partial charge is 0.506 e. The summed E-state index contributed by atoms with van der Waals surface area (Å²) < 4.78 is 65.8. The van der Waals surface area contributed by atoms with Crippen LogP contribution in [0.1, 0.15) is 72.6 Å². The van der Waals surface area contributed by atoms with Crippen LogP contribution in [0.4, 0.5) is 17.6 Å². The van der Waals surface area contributed by atoms with Gasteiger partial charge in [-0.25, -0.2) is 9.18 Å². The van der Waals surface area contributed by atoms with Crippen LogP contribution in [0.5, 0.6) is 5.75 Å². The molecule has 1 fully saturated rings. The third kappa shape index (κ3) is 6.00. The second-order valence-electron chi connectivity index (χ2n) is 10.7. The van der Waals surface area contributed by atoms with Crippen LogP contribution in [-0.4, -0.2) is 33.9 Å². The molecule has 0 amide bonds. The molecule has 208 valence electrons. The van der Waals surface area contributed by atoms with E-state index in [2.05, 4.69) is 0 Å². The number of alkyl halides is 3. The molecule has 1 atom stereocenters. The number of aromatic hydroxyl groups is 1. The number of esters is 1. The number of carbonyl (C=O) groups is 2. The molecule has 0 radical (unpaired) electrons. The van der Waals surface area contributed by atoms with Crippen LogP contribution in [-0.2, 0) is 32.5 Å². The van der Waals surface area contributed by atoms with Crippen molar-refractivity contribution in [2.75, 3.05) is 0 Å². The SMILES string of the molecule is CC(C)(C)OC(=O)c1c(COC2C=CC(c3ccc(C4(C(=O)O)CC4)c(F)c3)=CC2)ccc(C(F)(F)F)c1O. The Bertz CT molecular complexity index is 1360. The van der Waals surface area contributed by atoms with E-state index < -0.39 is 57.9 Å². The highest BCUT2D eigenvalue weighted by Crippen LogP contribution is 2.49. The lowest BCUT2D eigenvalue weighted by molar-refractivity contribution is -0.140. The number of rotatable bonds is 7. The van der Waals surface area contributed by atoms with Gasteiger partial charge in [-0.05, 0) is 68.9 Å². The molecule has 2 aliphatic rings. The summed E-state index contributed by atoms with van der Waals surface area (Å²) in [5, 5.41) is 19.8. The van der Waals surface area contributed by atoms with Gasteiger partial charge < -0.3 is 19.7 Å². The second kappa shape index (κ2) is 10.1. The molecule has 4 rings (SSSR count). The van der Waals surface area contributed by atoms with E-state index in [-0.39, 0.29) is 17.7 Å². The summed E-state index contributed by atoms with van der Waals surface area (Å²) in [5.74, 6) is -3.95. The van der Waals surface area contributed by atoms with Crippen LogP contribution < -0.4 is 0 Å². The van der Waals surface area contributed by atoms with E-state index in [4.69, 9.17) is 9.47 Å².